The van der Waals surface area contributed by atoms with Crippen LogP contribution in [0.25, 0.3) is 0 Å². The first-order chi connectivity index (χ1) is 19.8. The van der Waals surface area contributed by atoms with Crippen LogP contribution in [0.1, 0.15) is 186 Å². The lowest BCUT2D eigenvalue weighted by molar-refractivity contribution is 0.139. The number of carbonyl (C=O) groups is 1. The molecule has 0 radical (unpaired) electrons. The summed E-state index contributed by atoms with van der Waals surface area (Å²) < 4.78 is 5.24. The molecule has 0 aromatic heterocycles. The first kappa shape index (κ1) is 36.5. The van der Waals surface area contributed by atoms with E-state index in [1.165, 1.54) is 167 Å². The van der Waals surface area contributed by atoms with E-state index in [4.69, 9.17) is 4.74 Å². The molecule has 0 saturated carbocycles. The van der Waals surface area contributed by atoms with Crippen molar-refractivity contribution in [2.75, 3.05) is 6.54 Å². The van der Waals surface area contributed by atoms with Gasteiger partial charge in [0.15, 0.2) is 0 Å². The van der Waals surface area contributed by atoms with E-state index in [1.807, 2.05) is 30.3 Å². The molecule has 1 N–H and O–H groups in total. The third-order valence-corrected chi connectivity index (χ3v) is 8.26. The van der Waals surface area contributed by atoms with Gasteiger partial charge in [0.2, 0.25) is 0 Å². The molecule has 0 fully saturated rings. The molecule has 0 aliphatic rings. The molecule has 0 aliphatic heterocycles. The smallest absolute Gasteiger partial charge is 0.407 e. The van der Waals surface area contributed by atoms with Gasteiger partial charge in [-0.05, 0) is 12.0 Å². The van der Waals surface area contributed by atoms with Crippen molar-refractivity contribution in [2.45, 2.75) is 187 Å². The first-order valence-electron chi connectivity index (χ1n) is 17.8. The van der Waals surface area contributed by atoms with E-state index in [-0.39, 0.29) is 6.09 Å². The number of nitrogens with one attached hydrogen (secondary N) is 1. The summed E-state index contributed by atoms with van der Waals surface area (Å²) in [6, 6.07) is 9.82. The Labute approximate surface area is 250 Å². The average molecular weight is 558 g/mol. The van der Waals surface area contributed by atoms with Crippen LogP contribution in [0.4, 0.5) is 4.79 Å². The van der Waals surface area contributed by atoms with Crippen LogP contribution in [-0.2, 0) is 11.3 Å². The van der Waals surface area contributed by atoms with Gasteiger partial charge >= 0.3 is 6.09 Å². The number of rotatable bonds is 30. The van der Waals surface area contributed by atoms with Crippen LogP contribution in [0.5, 0.6) is 0 Å². The summed E-state index contributed by atoms with van der Waals surface area (Å²) in [6.07, 6.45) is 37.8. The van der Waals surface area contributed by atoms with Gasteiger partial charge in [0.05, 0.1) is 0 Å². The van der Waals surface area contributed by atoms with E-state index in [0.29, 0.717) is 13.2 Å². The molecule has 0 saturated heterocycles. The van der Waals surface area contributed by atoms with Crippen LogP contribution in [0.15, 0.2) is 30.3 Å². The topological polar surface area (TPSA) is 38.3 Å². The molecule has 0 aliphatic carbocycles. The van der Waals surface area contributed by atoms with Crippen molar-refractivity contribution in [1.82, 2.24) is 5.32 Å². The quantitative estimate of drug-likeness (QED) is 0.0955. The number of unbranched alkanes of at least 4 members (excludes halogenated alkanes) is 26. The van der Waals surface area contributed by atoms with Crippen LogP contribution in [0.2, 0.25) is 0 Å². The van der Waals surface area contributed by atoms with Crippen molar-refractivity contribution in [1.29, 1.82) is 0 Å². The molecule has 1 amide bonds. The van der Waals surface area contributed by atoms with Gasteiger partial charge in [-0.2, -0.15) is 0 Å². The minimum Gasteiger partial charge on any atom is -0.445 e. The molecule has 40 heavy (non-hydrogen) atoms. The maximum absolute atomic E-state index is 11.7. The fourth-order valence-corrected chi connectivity index (χ4v) is 5.58. The molecule has 0 unspecified atom stereocenters. The summed E-state index contributed by atoms with van der Waals surface area (Å²) in [7, 11) is 0. The van der Waals surface area contributed by atoms with E-state index in [0.717, 1.165) is 12.0 Å². The minimum absolute atomic E-state index is 0.307. The maximum Gasteiger partial charge on any atom is 0.407 e. The van der Waals surface area contributed by atoms with Crippen molar-refractivity contribution in [3.63, 3.8) is 0 Å². The standard InChI is InChI=1S/C37H67NO2/c1-2-3-4-5-6-7-8-9-10-11-12-13-14-15-16-17-18-19-20-21-22-23-24-25-26-27-31-34-38-37(39)40-35-36-32-29-28-30-33-36/h28-30,32-33H,2-27,31,34-35H2,1H3,(H,38,39). The van der Waals surface area contributed by atoms with Gasteiger partial charge in [-0.1, -0.05) is 204 Å². The highest BCUT2D eigenvalue weighted by Gasteiger charge is 2.02. The highest BCUT2D eigenvalue weighted by Crippen LogP contribution is 2.16. The Morgan fingerprint density at radius 2 is 0.825 bits per heavy atom. The third kappa shape index (κ3) is 26.7. The third-order valence-electron chi connectivity index (χ3n) is 8.26. The van der Waals surface area contributed by atoms with Gasteiger partial charge in [0.1, 0.15) is 6.61 Å². The zero-order valence-electron chi connectivity index (χ0n) is 26.7. The van der Waals surface area contributed by atoms with Crippen LogP contribution < -0.4 is 5.32 Å². The second-order valence-corrected chi connectivity index (χ2v) is 12.2. The van der Waals surface area contributed by atoms with Crippen molar-refractivity contribution in [2.24, 2.45) is 0 Å². The van der Waals surface area contributed by atoms with Crippen molar-refractivity contribution in [3.8, 4) is 0 Å². The summed E-state index contributed by atoms with van der Waals surface area (Å²) in [5.74, 6) is 0. The molecular weight excluding hydrogens is 490 g/mol. The Morgan fingerprint density at radius 1 is 0.500 bits per heavy atom. The van der Waals surface area contributed by atoms with E-state index >= 15 is 0 Å². The van der Waals surface area contributed by atoms with E-state index in [2.05, 4.69) is 12.2 Å². The van der Waals surface area contributed by atoms with Crippen molar-refractivity contribution in [3.05, 3.63) is 35.9 Å². The summed E-state index contributed by atoms with van der Waals surface area (Å²) in [4.78, 5) is 11.7. The second-order valence-electron chi connectivity index (χ2n) is 12.2. The fraction of sp³-hybridized carbons (Fsp3) is 0.811. The minimum atomic E-state index is -0.307. The molecule has 0 heterocycles. The molecule has 0 atom stereocenters. The molecule has 232 valence electrons. The zero-order chi connectivity index (χ0) is 28.6. The molecule has 1 aromatic carbocycles. The van der Waals surface area contributed by atoms with Crippen LogP contribution in [0, 0.1) is 0 Å². The van der Waals surface area contributed by atoms with Crippen LogP contribution in [-0.4, -0.2) is 12.6 Å². The summed E-state index contributed by atoms with van der Waals surface area (Å²) in [6.45, 7) is 3.35. The predicted octanol–water partition coefficient (Wildman–Crippen LogP) is 12.5. The molecule has 1 rings (SSSR count). The van der Waals surface area contributed by atoms with E-state index < -0.39 is 0 Å². The summed E-state index contributed by atoms with van der Waals surface area (Å²) in [5.41, 5.74) is 1.02. The summed E-state index contributed by atoms with van der Waals surface area (Å²) >= 11 is 0. The number of amides is 1. The number of ether oxygens (including phenoxy) is 1. The monoisotopic (exact) mass is 558 g/mol. The normalized spacial score (nSPS) is 11.1. The van der Waals surface area contributed by atoms with Gasteiger partial charge in [0.25, 0.3) is 0 Å². The molecule has 3 heteroatoms. The van der Waals surface area contributed by atoms with Crippen molar-refractivity contribution < 1.29 is 9.53 Å². The predicted molar refractivity (Wildman–Crippen MR) is 175 cm³/mol. The molecular formula is C37H67NO2. The highest BCUT2D eigenvalue weighted by atomic mass is 16.5. The Balaban J connectivity index is 1.66. The fourth-order valence-electron chi connectivity index (χ4n) is 5.58. The summed E-state index contributed by atoms with van der Waals surface area (Å²) in [5, 5.41) is 2.86. The first-order valence-corrected chi connectivity index (χ1v) is 17.8. The van der Waals surface area contributed by atoms with E-state index in [1.54, 1.807) is 0 Å². The van der Waals surface area contributed by atoms with Gasteiger partial charge in [-0.3, -0.25) is 0 Å². The van der Waals surface area contributed by atoms with Crippen LogP contribution in [0.3, 0.4) is 0 Å². The Kier molecular flexibility index (Phi) is 27.8. The molecule has 3 nitrogen and oxygen atoms in total. The number of hydrogen-bond donors (Lipinski definition) is 1. The number of carbonyl (C=O) groups excluding carboxylic acids is 1. The largest absolute Gasteiger partial charge is 0.445 e. The van der Waals surface area contributed by atoms with E-state index in [9.17, 15) is 4.79 Å². The maximum atomic E-state index is 11.7. The second kappa shape index (κ2) is 30.4. The zero-order valence-corrected chi connectivity index (χ0v) is 26.7. The lowest BCUT2D eigenvalue weighted by atomic mass is 10.0. The SMILES string of the molecule is CCCCCCCCCCCCCCCCCCCCCCCCCCCCCNC(=O)OCc1ccccc1. The van der Waals surface area contributed by atoms with Crippen molar-refractivity contribution >= 4 is 6.09 Å². The molecule has 0 spiro atoms. The molecule has 1 aromatic rings. The van der Waals surface area contributed by atoms with Gasteiger partial charge < -0.3 is 10.1 Å². The lowest BCUT2D eigenvalue weighted by Crippen LogP contribution is -2.25. The van der Waals surface area contributed by atoms with Crippen LogP contribution >= 0.6 is 0 Å². The number of benzene rings is 1. The highest BCUT2D eigenvalue weighted by molar-refractivity contribution is 5.67. The Hall–Kier alpha value is -1.51. The van der Waals surface area contributed by atoms with Gasteiger partial charge in [-0.15, -0.1) is 0 Å². The molecule has 0 bridgehead atoms. The Morgan fingerprint density at radius 3 is 1.18 bits per heavy atom. The number of alkyl carbamates (subject to hydrolysis) is 1. The average Bonchev–Trinajstić information content (AvgIpc) is 2.98. The lowest BCUT2D eigenvalue weighted by Gasteiger charge is -2.07. The number of hydrogen-bond acceptors (Lipinski definition) is 2. The van der Waals surface area contributed by atoms with Gasteiger partial charge in [0, 0.05) is 6.54 Å². The Bertz CT molecular complexity index is 632. The van der Waals surface area contributed by atoms with Gasteiger partial charge in [-0.25, -0.2) is 4.79 Å².